The van der Waals surface area contributed by atoms with Gasteiger partial charge in [-0.15, -0.1) is 0 Å². The van der Waals surface area contributed by atoms with Crippen molar-refractivity contribution in [3.63, 3.8) is 0 Å². The van der Waals surface area contributed by atoms with Crippen LogP contribution in [0.2, 0.25) is 5.02 Å². The molecule has 23 heavy (non-hydrogen) atoms. The van der Waals surface area contributed by atoms with Crippen LogP contribution in [0, 0.1) is 5.92 Å². The number of aryl methyl sites for hydroxylation is 1. The molecule has 3 rings (SSSR count). The Balaban J connectivity index is 1.92. The van der Waals surface area contributed by atoms with Gasteiger partial charge in [0.15, 0.2) is 9.84 Å². The Morgan fingerprint density at radius 3 is 2.17 bits per heavy atom. The molecule has 5 heteroatoms. The molecule has 0 amide bonds. The quantitative estimate of drug-likeness (QED) is 0.775. The first-order chi connectivity index (χ1) is 11.0. The molecule has 3 nitrogen and oxygen atoms in total. The van der Waals surface area contributed by atoms with E-state index in [1.807, 2.05) is 24.3 Å². The van der Waals surface area contributed by atoms with Crippen LogP contribution in [0.5, 0.6) is 0 Å². The van der Waals surface area contributed by atoms with Crippen molar-refractivity contribution in [3.8, 4) is 0 Å². The van der Waals surface area contributed by atoms with E-state index in [0.29, 0.717) is 5.02 Å². The second kappa shape index (κ2) is 6.10. The molecule has 1 aliphatic rings. The highest BCUT2D eigenvalue weighted by molar-refractivity contribution is 7.92. The lowest BCUT2D eigenvalue weighted by Gasteiger charge is -2.05. The lowest BCUT2D eigenvalue weighted by molar-refractivity contribution is -0.108. The van der Waals surface area contributed by atoms with Gasteiger partial charge in [0, 0.05) is 16.9 Å². The van der Waals surface area contributed by atoms with Crippen LogP contribution < -0.4 is 0 Å². The molecule has 3 atom stereocenters. The minimum Gasteiger partial charge on any atom is -0.303 e. The molecule has 0 spiro atoms. The fourth-order valence-corrected chi connectivity index (χ4v) is 5.27. The Morgan fingerprint density at radius 2 is 1.65 bits per heavy atom. The van der Waals surface area contributed by atoms with Crippen LogP contribution in [-0.4, -0.2) is 20.0 Å². The molecule has 2 aromatic carbocycles. The lowest BCUT2D eigenvalue weighted by atomic mass is 10.1. The van der Waals surface area contributed by atoms with Gasteiger partial charge < -0.3 is 4.79 Å². The number of carbonyl (C=O) groups excluding carboxylic acids is 1. The average molecular weight is 349 g/mol. The first-order valence-electron chi connectivity index (χ1n) is 7.52. The highest BCUT2D eigenvalue weighted by atomic mass is 35.5. The van der Waals surface area contributed by atoms with Crippen molar-refractivity contribution < 1.29 is 13.2 Å². The first-order valence-corrected chi connectivity index (χ1v) is 9.45. The molecule has 0 bridgehead atoms. The maximum atomic E-state index is 12.8. The van der Waals surface area contributed by atoms with Gasteiger partial charge >= 0.3 is 0 Å². The predicted molar refractivity (Wildman–Crippen MR) is 90.5 cm³/mol. The minimum atomic E-state index is -3.55. The summed E-state index contributed by atoms with van der Waals surface area (Å²) in [5.41, 5.74) is 2.09. The van der Waals surface area contributed by atoms with Crippen molar-refractivity contribution in [2.24, 2.45) is 5.92 Å². The molecule has 1 aliphatic carbocycles. The van der Waals surface area contributed by atoms with Crippen molar-refractivity contribution in [3.05, 3.63) is 64.7 Å². The Labute approximate surface area is 141 Å². The highest BCUT2D eigenvalue weighted by Gasteiger charge is 2.58. The molecular weight excluding hydrogens is 332 g/mol. The summed E-state index contributed by atoms with van der Waals surface area (Å²) >= 11 is 5.82. The SMILES string of the molecule is CCc1ccc([C@@H]2[C@H](C=O)[C@@H]2S(=O)(=O)c2ccc(Cl)cc2)cc1. The summed E-state index contributed by atoms with van der Waals surface area (Å²) in [5.74, 6) is -0.748. The molecule has 0 heterocycles. The van der Waals surface area contributed by atoms with Gasteiger partial charge in [0.2, 0.25) is 0 Å². The van der Waals surface area contributed by atoms with E-state index < -0.39 is 21.0 Å². The molecule has 0 radical (unpaired) electrons. The average Bonchev–Trinajstić information content (AvgIpc) is 3.31. The van der Waals surface area contributed by atoms with Gasteiger partial charge in [-0.05, 0) is 41.8 Å². The maximum Gasteiger partial charge on any atom is 0.182 e. The van der Waals surface area contributed by atoms with Crippen molar-refractivity contribution in [1.29, 1.82) is 0 Å². The van der Waals surface area contributed by atoms with E-state index in [9.17, 15) is 13.2 Å². The summed E-state index contributed by atoms with van der Waals surface area (Å²) in [6.45, 7) is 2.06. The molecule has 0 N–H and O–H groups in total. The van der Waals surface area contributed by atoms with E-state index in [2.05, 4.69) is 6.92 Å². The Hall–Kier alpha value is -1.65. The van der Waals surface area contributed by atoms with E-state index in [1.165, 1.54) is 17.7 Å². The largest absolute Gasteiger partial charge is 0.303 e. The van der Waals surface area contributed by atoms with Gasteiger partial charge in [-0.1, -0.05) is 42.8 Å². The van der Waals surface area contributed by atoms with Crippen molar-refractivity contribution in [2.75, 3.05) is 0 Å². The van der Waals surface area contributed by atoms with E-state index >= 15 is 0 Å². The Bertz CT molecular complexity index is 810. The van der Waals surface area contributed by atoms with Gasteiger partial charge in [0.05, 0.1) is 10.1 Å². The molecule has 0 aromatic heterocycles. The van der Waals surface area contributed by atoms with Crippen molar-refractivity contribution in [1.82, 2.24) is 0 Å². The van der Waals surface area contributed by atoms with Crippen molar-refractivity contribution in [2.45, 2.75) is 29.4 Å². The van der Waals surface area contributed by atoms with E-state index in [0.717, 1.165) is 18.3 Å². The third-order valence-corrected chi connectivity index (χ3v) is 6.94. The number of hydrogen-bond acceptors (Lipinski definition) is 3. The van der Waals surface area contributed by atoms with Crippen LogP contribution >= 0.6 is 11.6 Å². The standard InChI is InChI=1S/C18H17ClO3S/c1-2-12-3-5-13(6-4-12)17-16(11-20)18(17)23(21,22)15-9-7-14(19)8-10-15/h3-11,16-18H,2H2,1H3/t16-,17+,18-/m0/s1. The second-order valence-corrected chi connectivity index (χ2v) is 8.34. The molecule has 0 aliphatic heterocycles. The fraction of sp³-hybridized carbons (Fsp3) is 0.278. The Kier molecular flexibility index (Phi) is 4.30. The number of sulfone groups is 1. The summed E-state index contributed by atoms with van der Waals surface area (Å²) in [4.78, 5) is 11.5. The summed E-state index contributed by atoms with van der Waals surface area (Å²) in [6, 6.07) is 13.9. The van der Waals surface area contributed by atoms with Gasteiger partial charge in [0.1, 0.15) is 6.29 Å². The summed E-state index contributed by atoms with van der Waals surface area (Å²) < 4.78 is 25.6. The van der Waals surface area contributed by atoms with E-state index in [1.54, 1.807) is 12.1 Å². The first kappa shape index (κ1) is 16.2. The summed E-state index contributed by atoms with van der Waals surface area (Å²) in [6.07, 6.45) is 1.69. The van der Waals surface area contributed by atoms with Gasteiger partial charge in [-0.2, -0.15) is 0 Å². The fourth-order valence-electron chi connectivity index (χ4n) is 3.04. The van der Waals surface area contributed by atoms with Gasteiger partial charge in [0.25, 0.3) is 0 Å². The van der Waals surface area contributed by atoms with Crippen LogP contribution in [-0.2, 0) is 21.1 Å². The third kappa shape index (κ3) is 2.93. The zero-order valence-electron chi connectivity index (χ0n) is 12.6. The van der Waals surface area contributed by atoms with Gasteiger partial charge in [-0.3, -0.25) is 0 Å². The zero-order valence-corrected chi connectivity index (χ0v) is 14.2. The molecule has 120 valence electrons. The molecule has 0 unspecified atom stereocenters. The van der Waals surface area contributed by atoms with Crippen LogP contribution in [0.25, 0.3) is 0 Å². The maximum absolute atomic E-state index is 12.8. The number of carbonyl (C=O) groups is 1. The highest BCUT2D eigenvalue weighted by Crippen LogP contribution is 2.52. The molecule has 2 aromatic rings. The van der Waals surface area contributed by atoms with E-state index in [-0.39, 0.29) is 10.8 Å². The van der Waals surface area contributed by atoms with Crippen LogP contribution in [0.3, 0.4) is 0 Å². The predicted octanol–water partition coefficient (Wildman–Crippen LogP) is 3.66. The van der Waals surface area contributed by atoms with Crippen LogP contribution in [0.1, 0.15) is 24.0 Å². The van der Waals surface area contributed by atoms with Crippen LogP contribution in [0.4, 0.5) is 0 Å². The number of rotatable bonds is 5. The van der Waals surface area contributed by atoms with Crippen molar-refractivity contribution >= 4 is 27.7 Å². The number of halogens is 1. The minimum absolute atomic E-state index is 0.214. The molecule has 0 saturated heterocycles. The lowest BCUT2D eigenvalue weighted by Crippen LogP contribution is -2.11. The normalized spacial score (nSPS) is 23.5. The summed E-state index contributed by atoms with van der Waals surface area (Å²) in [5, 5.41) is -0.202. The topological polar surface area (TPSA) is 51.2 Å². The second-order valence-electron chi connectivity index (χ2n) is 5.80. The third-order valence-electron chi connectivity index (χ3n) is 4.44. The number of benzene rings is 2. The van der Waals surface area contributed by atoms with Gasteiger partial charge in [-0.25, -0.2) is 8.42 Å². The molecule has 1 saturated carbocycles. The molecular formula is C18H17ClO3S. The number of hydrogen-bond donors (Lipinski definition) is 0. The van der Waals surface area contributed by atoms with E-state index in [4.69, 9.17) is 11.6 Å². The molecule has 1 fully saturated rings. The monoisotopic (exact) mass is 348 g/mol. The number of aldehydes is 1. The zero-order chi connectivity index (χ0) is 16.6. The smallest absolute Gasteiger partial charge is 0.182 e. The Morgan fingerprint density at radius 1 is 1.04 bits per heavy atom. The summed E-state index contributed by atoms with van der Waals surface area (Å²) in [7, 11) is -3.55. The van der Waals surface area contributed by atoms with Crippen LogP contribution in [0.15, 0.2) is 53.4 Å².